The Morgan fingerprint density at radius 1 is 0.360 bits per heavy atom. The Kier molecular flexibility index (Phi) is 12.8. The zero-order valence-corrected chi connectivity index (χ0v) is 17.2. The largest absolute Gasteiger partial charge is 0.314 e. The molecule has 1 atom stereocenters. The first-order valence-corrected chi connectivity index (χ1v) is 12.2. The zero-order chi connectivity index (χ0) is 17.4. The summed E-state index contributed by atoms with van der Waals surface area (Å²) in [5.41, 5.74) is 0. The molecule has 1 saturated heterocycles. The number of hydrogen-bond acceptors (Lipinski definition) is 1. The van der Waals surface area contributed by atoms with Gasteiger partial charge in [-0.25, -0.2) is 0 Å². The summed E-state index contributed by atoms with van der Waals surface area (Å²) >= 11 is 0. The summed E-state index contributed by atoms with van der Waals surface area (Å²) in [5, 5.41) is 4.03. The van der Waals surface area contributed by atoms with Gasteiger partial charge in [0, 0.05) is 6.04 Å². The number of hydrogen-bond donors (Lipinski definition) is 1. The molecule has 1 aliphatic heterocycles. The van der Waals surface area contributed by atoms with Gasteiger partial charge in [-0.05, 0) is 38.1 Å². The van der Waals surface area contributed by atoms with Crippen molar-refractivity contribution in [3.8, 4) is 0 Å². The Morgan fingerprint density at radius 2 is 0.720 bits per heavy atom. The second-order valence-corrected chi connectivity index (χ2v) is 9.05. The first kappa shape index (κ1) is 21.3. The highest BCUT2D eigenvalue weighted by molar-refractivity contribution is 4.78. The van der Waals surface area contributed by atoms with E-state index in [2.05, 4.69) is 5.32 Å². The van der Waals surface area contributed by atoms with Crippen molar-refractivity contribution in [2.75, 3.05) is 6.54 Å². The molecule has 0 amide bonds. The number of rotatable bonds is 1. The zero-order valence-electron chi connectivity index (χ0n) is 17.2. The van der Waals surface area contributed by atoms with Crippen LogP contribution in [0.3, 0.4) is 0 Å². The van der Waals surface area contributed by atoms with Gasteiger partial charge in [0.05, 0.1) is 0 Å². The third-order valence-electron chi connectivity index (χ3n) is 6.82. The fourth-order valence-electron chi connectivity index (χ4n) is 5.12. The molecule has 1 heterocycles. The molecular weight excluding hydrogens is 302 g/mol. The van der Waals surface area contributed by atoms with Crippen LogP contribution in [-0.4, -0.2) is 12.6 Å². The molecular formula is C24H47N. The summed E-state index contributed by atoms with van der Waals surface area (Å²) in [5.74, 6) is 0.962. The monoisotopic (exact) mass is 349 g/mol. The average molecular weight is 350 g/mol. The lowest BCUT2D eigenvalue weighted by Gasteiger charge is -2.29. The SMILES string of the molecule is C1CCCCCCC(C2CCCCCCCCCCN2)CCCCC1. The maximum atomic E-state index is 4.03. The highest BCUT2D eigenvalue weighted by Gasteiger charge is 2.20. The van der Waals surface area contributed by atoms with Gasteiger partial charge >= 0.3 is 0 Å². The van der Waals surface area contributed by atoms with E-state index in [-0.39, 0.29) is 0 Å². The fraction of sp³-hybridized carbons (Fsp3) is 1.00. The second kappa shape index (κ2) is 15.1. The van der Waals surface area contributed by atoms with Crippen LogP contribution in [0.1, 0.15) is 135 Å². The van der Waals surface area contributed by atoms with E-state index >= 15 is 0 Å². The normalized spacial score (nSPS) is 28.6. The molecule has 0 bridgehead atoms. The lowest BCUT2D eigenvalue weighted by Crippen LogP contribution is -2.37. The van der Waals surface area contributed by atoms with E-state index in [9.17, 15) is 0 Å². The molecule has 2 rings (SSSR count). The topological polar surface area (TPSA) is 12.0 Å². The van der Waals surface area contributed by atoms with Crippen LogP contribution < -0.4 is 5.32 Å². The third kappa shape index (κ3) is 10.6. The second-order valence-electron chi connectivity index (χ2n) is 9.05. The van der Waals surface area contributed by atoms with Crippen molar-refractivity contribution in [3.05, 3.63) is 0 Å². The van der Waals surface area contributed by atoms with Gasteiger partial charge in [0.15, 0.2) is 0 Å². The lowest BCUT2D eigenvalue weighted by atomic mass is 9.85. The Bertz CT molecular complexity index is 262. The third-order valence-corrected chi connectivity index (χ3v) is 6.82. The minimum absolute atomic E-state index is 0.824. The van der Waals surface area contributed by atoms with Gasteiger partial charge < -0.3 is 5.32 Å². The van der Waals surface area contributed by atoms with Crippen molar-refractivity contribution in [2.45, 2.75) is 141 Å². The van der Waals surface area contributed by atoms with E-state index in [1.807, 2.05) is 0 Å². The molecule has 1 heteroatoms. The van der Waals surface area contributed by atoms with E-state index in [4.69, 9.17) is 0 Å². The Morgan fingerprint density at radius 3 is 1.20 bits per heavy atom. The molecule has 2 fully saturated rings. The van der Waals surface area contributed by atoms with E-state index in [1.165, 1.54) is 141 Å². The first-order valence-electron chi connectivity index (χ1n) is 12.2. The molecule has 1 N–H and O–H groups in total. The molecule has 25 heavy (non-hydrogen) atoms. The number of nitrogens with one attached hydrogen (secondary N) is 1. The Labute approximate surface area is 159 Å². The maximum absolute atomic E-state index is 4.03. The Hall–Kier alpha value is -0.0400. The standard InChI is InChI=1S/C24H47N/c1-2-4-8-12-16-20-23(19-15-11-7-3-1)24-21-17-13-9-5-6-10-14-18-22-25-24/h23-25H,1-22H2. The predicted molar refractivity (Wildman–Crippen MR) is 112 cm³/mol. The van der Waals surface area contributed by atoms with Gasteiger partial charge in [-0.1, -0.05) is 109 Å². The Balaban J connectivity index is 1.82. The van der Waals surface area contributed by atoms with Crippen LogP contribution in [-0.2, 0) is 0 Å². The molecule has 148 valence electrons. The van der Waals surface area contributed by atoms with Gasteiger partial charge in [0.25, 0.3) is 0 Å². The van der Waals surface area contributed by atoms with E-state index < -0.39 is 0 Å². The lowest BCUT2D eigenvalue weighted by molar-refractivity contribution is 0.276. The molecule has 2 aliphatic rings. The summed E-state index contributed by atoms with van der Waals surface area (Å²) in [6.45, 7) is 1.28. The van der Waals surface area contributed by atoms with Crippen molar-refractivity contribution in [1.29, 1.82) is 0 Å². The van der Waals surface area contributed by atoms with Crippen LogP contribution in [0.5, 0.6) is 0 Å². The van der Waals surface area contributed by atoms with E-state index in [0.717, 1.165) is 12.0 Å². The highest BCUT2D eigenvalue weighted by atomic mass is 14.9. The van der Waals surface area contributed by atoms with E-state index in [1.54, 1.807) is 0 Å². The van der Waals surface area contributed by atoms with E-state index in [0.29, 0.717) is 0 Å². The van der Waals surface area contributed by atoms with Crippen LogP contribution in [0.25, 0.3) is 0 Å². The molecule has 0 radical (unpaired) electrons. The van der Waals surface area contributed by atoms with Crippen LogP contribution in [0.15, 0.2) is 0 Å². The molecule has 1 nitrogen and oxygen atoms in total. The van der Waals surface area contributed by atoms with Gasteiger partial charge in [-0.2, -0.15) is 0 Å². The molecule has 0 aromatic heterocycles. The van der Waals surface area contributed by atoms with Crippen molar-refractivity contribution >= 4 is 0 Å². The van der Waals surface area contributed by atoms with Gasteiger partial charge in [0.1, 0.15) is 0 Å². The van der Waals surface area contributed by atoms with Gasteiger partial charge in [0.2, 0.25) is 0 Å². The smallest absolute Gasteiger partial charge is 0.00953 e. The van der Waals surface area contributed by atoms with Gasteiger partial charge in [-0.3, -0.25) is 0 Å². The summed E-state index contributed by atoms with van der Waals surface area (Å²) in [6, 6.07) is 0.824. The molecule has 1 unspecified atom stereocenters. The molecule has 0 aromatic carbocycles. The van der Waals surface area contributed by atoms with Crippen molar-refractivity contribution < 1.29 is 0 Å². The minimum Gasteiger partial charge on any atom is -0.314 e. The summed E-state index contributed by atoms with van der Waals surface area (Å²) in [6.07, 6.45) is 31.1. The summed E-state index contributed by atoms with van der Waals surface area (Å²) < 4.78 is 0. The summed E-state index contributed by atoms with van der Waals surface area (Å²) in [4.78, 5) is 0. The van der Waals surface area contributed by atoms with Crippen LogP contribution in [0, 0.1) is 5.92 Å². The fourth-order valence-corrected chi connectivity index (χ4v) is 5.12. The molecule has 0 aromatic rings. The quantitative estimate of drug-likeness (QED) is 0.509. The molecule has 1 aliphatic carbocycles. The maximum Gasteiger partial charge on any atom is 0.00953 e. The van der Waals surface area contributed by atoms with Crippen molar-refractivity contribution in [3.63, 3.8) is 0 Å². The van der Waals surface area contributed by atoms with Gasteiger partial charge in [-0.15, -0.1) is 0 Å². The van der Waals surface area contributed by atoms with Crippen molar-refractivity contribution in [2.24, 2.45) is 5.92 Å². The van der Waals surface area contributed by atoms with Crippen LogP contribution in [0.4, 0.5) is 0 Å². The molecule has 0 spiro atoms. The van der Waals surface area contributed by atoms with Crippen molar-refractivity contribution in [1.82, 2.24) is 5.32 Å². The van der Waals surface area contributed by atoms with Crippen LogP contribution >= 0.6 is 0 Å². The molecule has 1 saturated carbocycles. The highest BCUT2D eigenvalue weighted by Crippen LogP contribution is 2.26. The summed E-state index contributed by atoms with van der Waals surface area (Å²) in [7, 11) is 0. The minimum atomic E-state index is 0.824. The first-order chi connectivity index (χ1) is 12.5. The van der Waals surface area contributed by atoms with Crippen LogP contribution in [0.2, 0.25) is 0 Å². The average Bonchev–Trinajstić information content (AvgIpc) is 2.64. The predicted octanol–water partition coefficient (Wildman–Crippen LogP) is 7.78.